The van der Waals surface area contributed by atoms with E-state index in [2.05, 4.69) is 37.9 Å². The number of aromatic amines is 1. The van der Waals surface area contributed by atoms with Crippen LogP contribution in [-0.4, -0.2) is 59.8 Å². The maximum Gasteiger partial charge on any atom is 0.243 e. The van der Waals surface area contributed by atoms with E-state index in [-0.39, 0.29) is 17.7 Å². The minimum atomic E-state index is -0.293. The summed E-state index contributed by atoms with van der Waals surface area (Å²) in [6.07, 6.45) is 5.88. The third kappa shape index (κ3) is 6.96. The van der Waals surface area contributed by atoms with Crippen molar-refractivity contribution in [2.45, 2.75) is 38.1 Å². The molecule has 8 nitrogen and oxygen atoms in total. The molecular weight excluding hydrogens is 478 g/mol. The molecule has 8 heteroatoms. The molecule has 0 unspecified atom stereocenters. The van der Waals surface area contributed by atoms with Crippen molar-refractivity contribution >= 4 is 17.6 Å². The second-order valence-corrected chi connectivity index (χ2v) is 10.0. The van der Waals surface area contributed by atoms with Gasteiger partial charge in [-0.3, -0.25) is 19.6 Å². The van der Waals surface area contributed by atoms with Crippen LogP contribution >= 0.6 is 0 Å². The van der Waals surface area contributed by atoms with Crippen LogP contribution in [0.3, 0.4) is 0 Å². The predicted octanol–water partition coefficient (Wildman–Crippen LogP) is 4.20. The molecule has 0 spiro atoms. The number of nitrogens with zero attached hydrogens (tertiary/aromatic N) is 2. The molecule has 1 saturated heterocycles. The fourth-order valence-electron chi connectivity index (χ4n) is 4.51. The van der Waals surface area contributed by atoms with Crippen molar-refractivity contribution in [3.8, 4) is 11.1 Å². The Morgan fingerprint density at radius 3 is 2.45 bits per heavy atom. The number of amides is 2. The van der Waals surface area contributed by atoms with Crippen molar-refractivity contribution in [2.75, 3.05) is 38.2 Å². The van der Waals surface area contributed by atoms with Crippen LogP contribution in [0.15, 0.2) is 66.7 Å². The predicted molar refractivity (Wildman–Crippen MR) is 148 cm³/mol. The van der Waals surface area contributed by atoms with Crippen LogP contribution in [0.5, 0.6) is 0 Å². The largest absolute Gasteiger partial charge is 0.379 e. The zero-order valence-electron chi connectivity index (χ0n) is 21.8. The number of aromatic nitrogens is 2. The highest BCUT2D eigenvalue weighted by Crippen LogP contribution is 2.39. The number of hydrogen-bond donors (Lipinski definition) is 3. The summed E-state index contributed by atoms with van der Waals surface area (Å²) in [4.78, 5) is 27.1. The summed E-state index contributed by atoms with van der Waals surface area (Å²) in [7, 11) is 0. The highest BCUT2D eigenvalue weighted by molar-refractivity contribution is 5.95. The van der Waals surface area contributed by atoms with Crippen LogP contribution in [0.1, 0.15) is 48.4 Å². The van der Waals surface area contributed by atoms with E-state index in [0.29, 0.717) is 18.3 Å². The first-order valence-electron chi connectivity index (χ1n) is 13.3. The van der Waals surface area contributed by atoms with Crippen molar-refractivity contribution in [1.29, 1.82) is 0 Å². The van der Waals surface area contributed by atoms with Gasteiger partial charge < -0.3 is 15.4 Å². The molecule has 38 heavy (non-hydrogen) atoms. The smallest absolute Gasteiger partial charge is 0.243 e. The molecular formula is C30H35N5O3. The van der Waals surface area contributed by atoms with E-state index < -0.39 is 0 Å². The summed E-state index contributed by atoms with van der Waals surface area (Å²) in [5.74, 6) is 0.694. The molecule has 1 atom stereocenters. The van der Waals surface area contributed by atoms with Crippen molar-refractivity contribution in [2.24, 2.45) is 0 Å². The lowest BCUT2D eigenvalue weighted by molar-refractivity contribution is -0.117. The molecule has 2 amide bonds. The Balaban J connectivity index is 1.09. The summed E-state index contributed by atoms with van der Waals surface area (Å²) in [6.45, 7) is 6.46. The maximum absolute atomic E-state index is 12.7. The van der Waals surface area contributed by atoms with Crippen molar-refractivity contribution in [1.82, 2.24) is 20.4 Å². The van der Waals surface area contributed by atoms with Crippen molar-refractivity contribution < 1.29 is 14.3 Å². The first-order valence-corrected chi connectivity index (χ1v) is 13.3. The lowest BCUT2D eigenvalue weighted by Gasteiger charge is -2.25. The lowest BCUT2D eigenvalue weighted by atomic mass is 9.96. The van der Waals surface area contributed by atoms with Crippen LogP contribution < -0.4 is 10.6 Å². The van der Waals surface area contributed by atoms with Gasteiger partial charge in [0.15, 0.2) is 5.82 Å². The molecule has 0 bridgehead atoms. The molecule has 3 N–H and O–H groups in total. The lowest BCUT2D eigenvalue weighted by Crippen LogP contribution is -2.36. The van der Waals surface area contributed by atoms with E-state index in [0.717, 1.165) is 60.8 Å². The van der Waals surface area contributed by atoms with Gasteiger partial charge in [0.25, 0.3) is 0 Å². The van der Waals surface area contributed by atoms with Gasteiger partial charge in [-0.2, -0.15) is 5.10 Å². The zero-order chi connectivity index (χ0) is 26.3. The van der Waals surface area contributed by atoms with Crippen LogP contribution in [0.25, 0.3) is 11.1 Å². The fourth-order valence-corrected chi connectivity index (χ4v) is 4.51. The number of hydrogen-bond acceptors (Lipinski definition) is 5. The molecule has 1 saturated carbocycles. The zero-order valence-corrected chi connectivity index (χ0v) is 21.8. The molecule has 2 fully saturated rings. The van der Waals surface area contributed by atoms with E-state index in [1.807, 2.05) is 55.5 Å². The monoisotopic (exact) mass is 513 g/mol. The normalized spacial score (nSPS) is 16.9. The van der Waals surface area contributed by atoms with Gasteiger partial charge in [-0.15, -0.1) is 0 Å². The summed E-state index contributed by atoms with van der Waals surface area (Å²) in [6, 6.07) is 18.2. The molecule has 1 aliphatic carbocycles. The minimum absolute atomic E-state index is 0.0751. The SMILES string of the molecule is C[C@@H](C(=O)Nc1cc(C2CC2)[nH]n1)c1ccc(-c2ccc(CNC(=O)/C=C/CN3CCOCC3)cc2)cc1. The Bertz CT molecular complexity index is 1260. The van der Waals surface area contributed by atoms with Crippen LogP contribution in [0.4, 0.5) is 5.82 Å². The van der Waals surface area contributed by atoms with Crippen molar-refractivity contribution in [3.05, 3.63) is 83.6 Å². The Labute approximate surface area is 223 Å². The average molecular weight is 514 g/mol. The van der Waals surface area contributed by atoms with Crippen LogP contribution in [0.2, 0.25) is 0 Å². The van der Waals surface area contributed by atoms with Gasteiger partial charge >= 0.3 is 0 Å². The van der Waals surface area contributed by atoms with Crippen LogP contribution in [-0.2, 0) is 20.9 Å². The molecule has 1 aliphatic heterocycles. The molecule has 0 radical (unpaired) electrons. The summed E-state index contributed by atoms with van der Waals surface area (Å²) < 4.78 is 5.34. The van der Waals surface area contributed by atoms with Gasteiger partial charge in [-0.1, -0.05) is 54.6 Å². The van der Waals surface area contributed by atoms with E-state index in [9.17, 15) is 9.59 Å². The van der Waals surface area contributed by atoms with Gasteiger partial charge in [0.05, 0.1) is 19.1 Å². The average Bonchev–Trinajstić information content (AvgIpc) is 3.71. The van der Waals surface area contributed by atoms with Gasteiger partial charge in [0.1, 0.15) is 0 Å². The molecule has 2 heterocycles. The van der Waals surface area contributed by atoms with E-state index >= 15 is 0 Å². The second-order valence-electron chi connectivity index (χ2n) is 10.0. The van der Waals surface area contributed by atoms with Gasteiger partial charge in [0.2, 0.25) is 11.8 Å². The number of ether oxygens (including phenoxy) is 1. The fraction of sp³-hybridized carbons (Fsp3) is 0.367. The number of anilines is 1. The van der Waals surface area contributed by atoms with Gasteiger partial charge in [-0.25, -0.2) is 0 Å². The number of carbonyl (C=O) groups excluding carboxylic acids is 2. The second kappa shape index (κ2) is 12.2. The Morgan fingerprint density at radius 2 is 1.76 bits per heavy atom. The third-order valence-electron chi connectivity index (χ3n) is 7.16. The first-order chi connectivity index (χ1) is 18.5. The summed E-state index contributed by atoms with van der Waals surface area (Å²) >= 11 is 0. The summed E-state index contributed by atoms with van der Waals surface area (Å²) in [5, 5.41) is 13.1. The van der Waals surface area contributed by atoms with Crippen LogP contribution in [0, 0.1) is 0 Å². The molecule has 198 valence electrons. The highest BCUT2D eigenvalue weighted by atomic mass is 16.5. The molecule has 1 aromatic heterocycles. The third-order valence-corrected chi connectivity index (χ3v) is 7.16. The molecule has 3 aromatic rings. The van der Waals surface area contributed by atoms with E-state index in [1.165, 1.54) is 12.8 Å². The molecule has 2 aromatic carbocycles. The molecule has 2 aliphatic rings. The number of rotatable bonds is 10. The first kappa shape index (κ1) is 25.9. The Kier molecular flexibility index (Phi) is 8.31. The number of carbonyl (C=O) groups is 2. The van der Waals surface area contributed by atoms with E-state index in [4.69, 9.17) is 4.74 Å². The standard InChI is InChI=1S/C30H35N5O3/c1-21(30(37)32-28-19-27(33-34-28)26-12-13-26)23-8-10-25(11-9-23)24-6-4-22(5-7-24)20-31-29(36)3-2-14-35-15-17-38-18-16-35/h2-11,19,21,26H,12-18,20H2,1H3,(H,31,36)(H2,32,33,34,37)/b3-2+/t21-/m1/s1. The Morgan fingerprint density at radius 1 is 1.08 bits per heavy atom. The van der Waals surface area contributed by atoms with Gasteiger partial charge in [0, 0.05) is 49.9 Å². The number of H-pyrrole nitrogens is 1. The number of benzene rings is 2. The van der Waals surface area contributed by atoms with Crippen molar-refractivity contribution in [3.63, 3.8) is 0 Å². The highest BCUT2D eigenvalue weighted by Gasteiger charge is 2.26. The topological polar surface area (TPSA) is 99.3 Å². The molecule has 5 rings (SSSR count). The quantitative estimate of drug-likeness (QED) is 0.353. The summed E-state index contributed by atoms with van der Waals surface area (Å²) in [5.41, 5.74) is 5.24. The maximum atomic E-state index is 12.7. The Hall–Kier alpha value is -3.75. The van der Waals surface area contributed by atoms with Gasteiger partial charge in [-0.05, 0) is 42.0 Å². The van der Waals surface area contributed by atoms with E-state index in [1.54, 1.807) is 6.08 Å². The minimum Gasteiger partial charge on any atom is -0.379 e. The number of morpholine rings is 1. The number of nitrogens with one attached hydrogen (secondary N) is 3.